The molecule has 0 fully saturated rings. The molecular weight excluding hydrogens is 118 g/mol. The van der Waals surface area contributed by atoms with Crippen molar-refractivity contribution in [3.8, 4) is 0 Å². The summed E-state index contributed by atoms with van der Waals surface area (Å²) in [5.41, 5.74) is 0. The molecular formula is C5H11N3O. The molecule has 1 atom stereocenters. The fraction of sp³-hybridized carbons (Fsp3) is 0.800. The van der Waals surface area contributed by atoms with Crippen molar-refractivity contribution in [1.29, 1.82) is 0 Å². The highest BCUT2D eigenvalue weighted by Gasteiger charge is 1.95. The van der Waals surface area contributed by atoms with Crippen molar-refractivity contribution in [2.24, 2.45) is 22.1 Å². The molecule has 4 heteroatoms. The molecule has 0 aliphatic rings. The number of nitrogens with zero attached hydrogens (tertiary/aromatic N) is 2. The Balaban J connectivity index is 3.16. The summed E-state index contributed by atoms with van der Waals surface area (Å²) in [4.78, 5) is 10.00. The molecule has 0 aliphatic heterocycles. The minimum absolute atomic E-state index is 0.0653. The Morgan fingerprint density at radius 2 is 2.44 bits per heavy atom. The Kier molecular flexibility index (Phi) is 4.67. The average molecular weight is 129 g/mol. The highest BCUT2D eigenvalue weighted by atomic mass is 16.1. The van der Waals surface area contributed by atoms with Crippen LogP contribution in [0.5, 0.6) is 0 Å². The lowest BCUT2D eigenvalue weighted by Gasteiger charge is -1.95. The molecule has 4 nitrogen and oxygen atoms in total. The summed E-state index contributed by atoms with van der Waals surface area (Å²) in [5, 5.41) is 6.55. The molecule has 0 heterocycles. The molecule has 0 aromatic rings. The summed E-state index contributed by atoms with van der Waals surface area (Å²) in [6.07, 6.45) is 1.62. The largest absolute Gasteiger partial charge is 0.305 e. The number of hydrogen-bond acceptors (Lipinski definition) is 3. The van der Waals surface area contributed by atoms with Gasteiger partial charge in [-0.05, 0) is 6.42 Å². The lowest BCUT2D eigenvalue weighted by Crippen LogP contribution is -1.97. The van der Waals surface area contributed by atoms with Crippen LogP contribution in [-0.4, -0.2) is 12.8 Å². The van der Waals surface area contributed by atoms with Gasteiger partial charge in [-0.2, -0.15) is 5.11 Å². The maximum atomic E-state index is 10.00. The highest BCUT2D eigenvalue weighted by Crippen LogP contribution is 1.95. The molecule has 0 aromatic heterocycles. The van der Waals surface area contributed by atoms with Crippen molar-refractivity contribution in [2.45, 2.75) is 13.3 Å². The first-order valence-corrected chi connectivity index (χ1v) is 2.83. The van der Waals surface area contributed by atoms with Gasteiger partial charge in [0.05, 0.1) is 6.54 Å². The summed E-state index contributed by atoms with van der Waals surface area (Å²) in [6, 6.07) is 0. The Bertz CT molecular complexity index is 102. The molecule has 0 aliphatic carbocycles. The van der Waals surface area contributed by atoms with Crippen LogP contribution >= 0.6 is 0 Å². The molecule has 9 heavy (non-hydrogen) atoms. The monoisotopic (exact) mass is 129 g/mol. The topological polar surface area (TPSA) is 67.8 Å². The molecule has 2 N–H and O–H groups in total. The van der Waals surface area contributed by atoms with E-state index in [0.29, 0.717) is 6.54 Å². The predicted octanol–water partition coefficient (Wildman–Crippen LogP) is 0.537. The fourth-order valence-electron chi connectivity index (χ4n) is 0.387. The second-order valence-corrected chi connectivity index (χ2v) is 1.88. The van der Waals surface area contributed by atoms with E-state index in [1.54, 1.807) is 0 Å². The first kappa shape index (κ1) is 8.07. The Morgan fingerprint density at radius 3 is 2.89 bits per heavy atom. The molecule has 1 unspecified atom stereocenters. The van der Waals surface area contributed by atoms with E-state index < -0.39 is 0 Å². The van der Waals surface area contributed by atoms with Crippen LogP contribution in [0, 0.1) is 5.92 Å². The van der Waals surface area contributed by atoms with E-state index in [-0.39, 0.29) is 5.92 Å². The van der Waals surface area contributed by atoms with Gasteiger partial charge in [0.25, 0.3) is 0 Å². The number of hydrogen-bond donors (Lipinski definition) is 1. The SMILES string of the molecule is CC(C=O)CCN=NN. The van der Waals surface area contributed by atoms with Gasteiger partial charge in [0.2, 0.25) is 0 Å². The Hall–Kier alpha value is -0.930. The van der Waals surface area contributed by atoms with Gasteiger partial charge in [-0.3, -0.25) is 0 Å². The molecule has 0 saturated heterocycles. The van der Waals surface area contributed by atoms with Gasteiger partial charge in [0.1, 0.15) is 6.29 Å². The summed E-state index contributed by atoms with van der Waals surface area (Å²) in [7, 11) is 0. The van der Waals surface area contributed by atoms with Crippen molar-refractivity contribution in [2.75, 3.05) is 6.54 Å². The second-order valence-electron chi connectivity index (χ2n) is 1.88. The maximum Gasteiger partial charge on any atom is 0.122 e. The molecule has 0 rings (SSSR count). The first-order chi connectivity index (χ1) is 4.31. The van der Waals surface area contributed by atoms with Crippen LogP contribution in [0.1, 0.15) is 13.3 Å². The predicted molar refractivity (Wildman–Crippen MR) is 33.8 cm³/mol. The zero-order chi connectivity index (χ0) is 7.11. The van der Waals surface area contributed by atoms with Crippen LogP contribution in [0.25, 0.3) is 0 Å². The van der Waals surface area contributed by atoms with Gasteiger partial charge >= 0.3 is 0 Å². The normalized spacial score (nSPS) is 13.9. The standard InChI is InChI=1S/C5H11N3O/c1-5(4-9)2-3-7-8-6/h4-5H,2-3H2,1H3,(H2,6,7). The molecule has 0 saturated carbocycles. The zero-order valence-electron chi connectivity index (χ0n) is 5.45. The fourth-order valence-corrected chi connectivity index (χ4v) is 0.387. The number of carbonyl (C=O) groups excluding carboxylic acids is 1. The third-order valence-electron chi connectivity index (χ3n) is 0.998. The van der Waals surface area contributed by atoms with E-state index >= 15 is 0 Å². The van der Waals surface area contributed by atoms with Gasteiger partial charge < -0.3 is 10.6 Å². The van der Waals surface area contributed by atoms with Crippen LogP contribution < -0.4 is 5.84 Å². The van der Waals surface area contributed by atoms with E-state index in [1.165, 1.54) is 0 Å². The van der Waals surface area contributed by atoms with Crippen molar-refractivity contribution >= 4 is 6.29 Å². The third kappa shape index (κ3) is 4.93. The lowest BCUT2D eigenvalue weighted by atomic mass is 10.1. The zero-order valence-corrected chi connectivity index (χ0v) is 5.45. The van der Waals surface area contributed by atoms with Crippen molar-refractivity contribution in [1.82, 2.24) is 0 Å². The minimum Gasteiger partial charge on any atom is -0.305 e. The Labute approximate surface area is 54.1 Å². The van der Waals surface area contributed by atoms with Crippen LogP contribution in [-0.2, 0) is 4.79 Å². The van der Waals surface area contributed by atoms with E-state index in [1.807, 2.05) is 6.92 Å². The maximum absolute atomic E-state index is 10.00. The van der Waals surface area contributed by atoms with Gasteiger partial charge in [-0.15, -0.1) is 0 Å². The van der Waals surface area contributed by atoms with Crippen molar-refractivity contribution in [3.63, 3.8) is 0 Å². The number of nitrogens with two attached hydrogens (primary N) is 1. The van der Waals surface area contributed by atoms with E-state index in [4.69, 9.17) is 5.84 Å². The van der Waals surface area contributed by atoms with E-state index in [2.05, 4.69) is 10.3 Å². The quantitative estimate of drug-likeness (QED) is 0.260. The summed E-state index contributed by atoms with van der Waals surface area (Å²) >= 11 is 0. The van der Waals surface area contributed by atoms with Gasteiger partial charge in [-0.25, -0.2) is 0 Å². The van der Waals surface area contributed by atoms with E-state index in [9.17, 15) is 4.79 Å². The van der Waals surface area contributed by atoms with Gasteiger partial charge in [0.15, 0.2) is 0 Å². The van der Waals surface area contributed by atoms with E-state index in [0.717, 1.165) is 12.7 Å². The average Bonchev–Trinajstić information content (AvgIpc) is 1.89. The van der Waals surface area contributed by atoms with Crippen LogP contribution in [0.3, 0.4) is 0 Å². The first-order valence-electron chi connectivity index (χ1n) is 2.83. The van der Waals surface area contributed by atoms with Crippen LogP contribution in [0.2, 0.25) is 0 Å². The van der Waals surface area contributed by atoms with Crippen molar-refractivity contribution in [3.05, 3.63) is 0 Å². The smallest absolute Gasteiger partial charge is 0.122 e. The Morgan fingerprint density at radius 1 is 1.78 bits per heavy atom. The van der Waals surface area contributed by atoms with Gasteiger partial charge in [-0.1, -0.05) is 12.1 Å². The minimum atomic E-state index is 0.0653. The lowest BCUT2D eigenvalue weighted by molar-refractivity contribution is -0.110. The van der Waals surface area contributed by atoms with Crippen molar-refractivity contribution < 1.29 is 4.79 Å². The number of rotatable bonds is 4. The number of aldehydes is 1. The van der Waals surface area contributed by atoms with Crippen LogP contribution in [0.15, 0.2) is 10.3 Å². The van der Waals surface area contributed by atoms with Crippen LogP contribution in [0.4, 0.5) is 0 Å². The molecule has 0 amide bonds. The molecule has 0 bridgehead atoms. The second kappa shape index (κ2) is 5.21. The summed E-state index contributed by atoms with van der Waals surface area (Å²) in [6.45, 7) is 2.37. The molecule has 0 spiro atoms. The summed E-state index contributed by atoms with van der Waals surface area (Å²) < 4.78 is 0. The van der Waals surface area contributed by atoms with Gasteiger partial charge in [0, 0.05) is 5.92 Å². The highest BCUT2D eigenvalue weighted by molar-refractivity contribution is 5.52. The number of carbonyl (C=O) groups is 1. The molecule has 0 aromatic carbocycles. The summed E-state index contributed by atoms with van der Waals surface area (Å²) in [5.74, 6) is 4.79. The molecule has 52 valence electrons. The molecule has 0 radical (unpaired) electrons. The third-order valence-corrected chi connectivity index (χ3v) is 0.998.